The predicted molar refractivity (Wildman–Crippen MR) is 113 cm³/mol. The van der Waals surface area contributed by atoms with Gasteiger partial charge in [0.05, 0.1) is 4.90 Å². The highest BCUT2D eigenvalue weighted by Crippen LogP contribution is 2.36. The number of anilines is 1. The molecule has 0 radical (unpaired) electrons. The molecule has 0 bridgehead atoms. The summed E-state index contributed by atoms with van der Waals surface area (Å²) < 4.78 is 27.9. The number of aryl methyl sites for hydroxylation is 1. The molecule has 0 amide bonds. The van der Waals surface area contributed by atoms with Crippen LogP contribution in [-0.4, -0.2) is 38.9 Å². The van der Waals surface area contributed by atoms with Gasteiger partial charge in [-0.3, -0.25) is 0 Å². The Morgan fingerprint density at radius 3 is 2.37 bits per heavy atom. The van der Waals surface area contributed by atoms with Crippen LogP contribution in [-0.2, 0) is 10.0 Å². The van der Waals surface area contributed by atoms with Crippen molar-refractivity contribution in [2.45, 2.75) is 32.6 Å². The third-order valence-corrected chi connectivity index (χ3v) is 7.15. The smallest absolute Gasteiger partial charge is 0.243 e. The van der Waals surface area contributed by atoms with Crippen molar-refractivity contribution in [2.24, 2.45) is 0 Å². The van der Waals surface area contributed by atoms with Gasteiger partial charge in [0, 0.05) is 37.4 Å². The van der Waals surface area contributed by atoms with Gasteiger partial charge in [-0.25, -0.2) is 8.42 Å². The van der Waals surface area contributed by atoms with Crippen LogP contribution in [0.15, 0.2) is 59.0 Å². The normalized spacial score (nSPS) is 14.6. The summed E-state index contributed by atoms with van der Waals surface area (Å²) >= 11 is 0. The topological polar surface area (TPSA) is 40.6 Å². The highest BCUT2D eigenvalue weighted by molar-refractivity contribution is 7.89. The summed E-state index contributed by atoms with van der Waals surface area (Å²) in [6.45, 7) is 10.9. The second-order valence-electron chi connectivity index (χ2n) is 7.04. The molecule has 0 saturated carbocycles. The standard InChI is InChI=1S/C22H28N2O2S/c1-5-23-15-18(4)21(20-14-17(3)12-13-22(20)23)16-24(6-2)27(25,26)19-10-8-7-9-11-19/h7-14H,5-6,15-16H2,1-4H3. The molecule has 0 aromatic heterocycles. The Balaban J connectivity index is 2.02. The van der Waals surface area contributed by atoms with Crippen molar-refractivity contribution < 1.29 is 8.42 Å². The average molecular weight is 385 g/mol. The molecule has 1 aliphatic rings. The molecule has 2 aromatic carbocycles. The van der Waals surface area contributed by atoms with E-state index >= 15 is 0 Å². The van der Waals surface area contributed by atoms with Gasteiger partial charge >= 0.3 is 0 Å². The molecule has 2 aromatic rings. The molecule has 0 spiro atoms. The molecule has 27 heavy (non-hydrogen) atoms. The maximum Gasteiger partial charge on any atom is 0.243 e. The van der Waals surface area contributed by atoms with Crippen molar-refractivity contribution in [2.75, 3.05) is 31.1 Å². The van der Waals surface area contributed by atoms with Crippen LogP contribution in [0.3, 0.4) is 0 Å². The molecule has 0 N–H and O–H groups in total. The van der Waals surface area contributed by atoms with Crippen LogP contribution in [0, 0.1) is 6.92 Å². The molecule has 144 valence electrons. The lowest BCUT2D eigenvalue weighted by atomic mass is 9.92. The Kier molecular flexibility index (Phi) is 5.72. The Bertz CT molecular complexity index is 950. The summed E-state index contributed by atoms with van der Waals surface area (Å²) in [4.78, 5) is 2.69. The summed E-state index contributed by atoms with van der Waals surface area (Å²) in [7, 11) is -3.52. The van der Waals surface area contributed by atoms with E-state index in [9.17, 15) is 8.42 Å². The zero-order valence-corrected chi connectivity index (χ0v) is 17.4. The highest BCUT2D eigenvalue weighted by atomic mass is 32.2. The van der Waals surface area contributed by atoms with Crippen molar-refractivity contribution in [1.29, 1.82) is 0 Å². The minimum absolute atomic E-state index is 0.348. The Morgan fingerprint density at radius 2 is 1.74 bits per heavy atom. The second kappa shape index (κ2) is 7.87. The lowest BCUT2D eigenvalue weighted by Gasteiger charge is -2.34. The zero-order chi connectivity index (χ0) is 19.6. The van der Waals surface area contributed by atoms with Gasteiger partial charge in [0.1, 0.15) is 0 Å². The van der Waals surface area contributed by atoms with E-state index in [4.69, 9.17) is 0 Å². The van der Waals surface area contributed by atoms with E-state index in [2.05, 4.69) is 43.9 Å². The largest absolute Gasteiger partial charge is 0.367 e. The fourth-order valence-electron chi connectivity index (χ4n) is 3.65. The van der Waals surface area contributed by atoms with Gasteiger partial charge in [0.2, 0.25) is 10.0 Å². The van der Waals surface area contributed by atoms with Crippen LogP contribution in [0.2, 0.25) is 0 Å². The van der Waals surface area contributed by atoms with Crippen molar-refractivity contribution >= 4 is 21.3 Å². The molecule has 0 atom stereocenters. The maximum absolute atomic E-state index is 13.1. The van der Waals surface area contributed by atoms with Gasteiger partial charge < -0.3 is 4.90 Å². The summed E-state index contributed by atoms with van der Waals surface area (Å²) in [5.41, 5.74) is 5.89. The molecule has 0 saturated heterocycles. The first-order chi connectivity index (χ1) is 12.9. The first-order valence-electron chi connectivity index (χ1n) is 9.48. The van der Waals surface area contributed by atoms with E-state index in [1.54, 1.807) is 28.6 Å². The predicted octanol–water partition coefficient (Wildman–Crippen LogP) is 4.32. The van der Waals surface area contributed by atoms with Crippen LogP contribution in [0.25, 0.3) is 5.57 Å². The summed E-state index contributed by atoms with van der Waals surface area (Å²) in [5, 5.41) is 0. The Hall–Kier alpha value is -2.11. The van der Waals surface area contributed by atoms with Crippen LogP contribution >= 0.6 is 0 Å². The van der Waals surface area contributed by atoms with Crippen LogP contribution < -0.4 is 4.90 Å². The minimum Gasteiger partial charge on any atom is -0.367 e. The van der Waals surface area contributed by atoms with Crippen LogP contribution in [0.4, 0.5) is 5.69 Å². The molecule has 3 rings (SSSR count). The van der Waals surface area contributed by atoms with Crippen LogP contribution in [0.1, 0.15) is 31.9 Å². The molecular formula is C22H28N2O2S. The number of hydrogen-bond acceptors (Lipinski definition) is 3. The number of rotatable bonds is 6. The van der Waals surface area contributed by atoms with Crippen molar-refractivity contribution in [1.82, 2.24) is 4.31 Å². The molecule has 5 heteroatoms. The quantitative estimate of drug-likeness (QED) is 0.745. The second-order valence-corrected chi connectivity index (χ2v) is 8.98. The summed E-state index contributed by atoms with van der Waals surface area (Å²) in [6, 6.07) is 15.2. The Morgan fingerprint density at radius 1 is 1.04 bits per heavy atom. The first kappa shape index (κ1) is 19.6. The Labute approximate surface area is 163 Å². The molecule has 1 heterocycles. The summed E-state index contributed by atoms with van der Waals surface area (Å²) in [5.74, 6) is 0. The maximum atomic E-state index is 13.1. The van der Waals surface area contributed by atoms with E-state index in [-0.39, 0.29) is 0 Å². The fourth-order valence-corrected chi connectivity index (χ4v) is 5.09. The molecule has 0 aliphatic carbocycles. The lowest BCUT2D eigenvalue weighted by Crippen LogP contribution is -2.35. The number of nitrogens with zero attached hydrogens (tertiary/aromatic N) is 2. The average Bonchev–Trinajstić information content (AvgIpc) is 2.67. The van der Waals surface area contributed by atoms with E-state index in [1.165, 1.54) is 16.8 Å². The van der Waals surface area contributed by atoms with E-state index in [1.807, 2.05) is 13.0 Å². The summed E-state index contributed by atoms with van der Waals surface area (Å²) in [6.07, 6.45) is 0. The van der Waals surface area contributed by atoms with E-state index in [0.717, 1.165) is 24.2 Å². The molecule has 1 aliphatic heterocycles. The lowest BCUT2D eigenvalue weighted by molar-refractivity contribution is 0.462. The zero-order valence-electron chi connectivity index (χ0n) is 16.6. The molecule has 4 nitrogen and oxygen atoms in total. The van der Waals surface area contributed by atoms with E-state index in [0.29, 0.717) is 18.0 Å². The molecule has 0 unspecified atom stereocenters. The van der Waals surface area contributed by atoms with Gasteiger partial charge in [0.25, 0.3) is 0 Å². The third kappa shape index (κ3) is 3.80. The molecule has 0 fully saturated rings. The van der Waals surface area contributed by atoms with Crippen LogP contribution in [0.5, 0.6) is 0 Å². The number of benzene rings is 2. The highest BCUT2D eigenvalue weighted by Gasteiger charge is 2.28. The van der Waals surface area contributed by atoms with Crippen molar-refractivity contribution in [3.63, 3.8) is 0 Å². The van der Waals surface area contributed by atoms with Gasteiger partial charge in [-0.1, -0.05) is 36.8 Å². The van der Waals surface area contributed by atoms with E-state index < -0.39 is 10.0 Å². The van der Waals surface area contributed by atoms with Gasteiger partial charge in [-0.05, 0) is 56.2 Å². The molecular weight excluding hydrogens is 356 g/mol. The number of likely N-dealkylation sites (N-methyl/N-ethyl adjacent to an activating group) is 2. The number of hydrogen-bond donors (Lipinski definition) is 0. The number of fused-ring (bicyclic) bond motifs is 1. The number of sulfonamides is 1. The van der Waals surface area contributed by atoms with Crippen molar-refractivity contribution in [3.8, 4) is 0 Å². The SMILES string of the molecule is CCN1CC(C)=C(CN(CC)S(=O)(=O)c2ccccc2)c2cc(C)ccc21. The first-order valence-corrected chi connectivity index (χ1v) is 10.9. The van der Waals surface area contributed by atoms with Gasteiger partial charge in [-0.2, -0.15) is 4.31 Å². The van der Waals surface area contributed by atoms with Crippen molar-refractivity contribution in [3.05, 3.63) is 65.2 Å². The third-order valence-electron chi connectivity index (χ3n) is 5.21. The minimum atomic E-state index is -3.52. The fraction of sp³-hybridized carbons (Fsp3) is 0.364. The monoisotopic (exact) mass is 384 g/mol. The van der Waals surface area contributed by atoms with Gasteiger partial charge in [0.15, 0.2) is 0 Å². The van der Waals surface area contributed by atoms with Gasteiger partial charge in [-0.15, -0.1) is 0 Å².